The van der Waals surface area contributed by atoms with Crippen LogP contribution in [0.5, 0.6) is 0 Å². The zero-order valence-electron chi connectivity index (χ0n) is 19.8. The van der Waals surface area contributed by atoms with Crippen LogP contribution in [0.2, 0.25) is 0 Å². The quantitative estimate of drug-likeness (QED) is 0.569. The van der Waals surface area contributed by atoms with Crippen molar-refractivity contribution in [3.63, 3.8) is 0 Å². The van der Waals surface area contributed by atoms with Crippen LogP contribution >= 0.6 is 0 Å². The Bertz CT molecular complexity index is 884. The van der Waals surface area contributed by atoms with Crippen LogP contribution in [-0.2, 0) is 4.74 Å². The molecule has 3 spiro atoms. The maximum atomic E-state index is 10.3. The highest BCUT2D eigenvalue weighted by molar-refractivity contribution is 5.41. The third-order valence-corrected chi connectivity index (χ3v) is 13.1. The van der Waals surface area contributed by atoms with Gasteiger partial charge >= 0.3 is 0 Å². The van der Waals surface area contributed by atoms with Crippen LogP contribution < -0.4 is 0 Å². The van der Waals surface area contributed by atoms with Gasteiger partial charge in [0.1, 0.15) is 0 Å². The second-order valence-corrected chi connectivity index (χ2v) is 13.9. The Morgan fingerprint density at radius 1 is 1.10 bits per heavy atom. The number of aliphatic hydroxyl groups excluding tert-OH is 1. The summed E-state index contributed by atoms with van der Waals surface area (Å²) in [6.07, 6.45) is 16.0. The molecular formula is C28H41NO2. The number of likely N-dealkylation sites (tertiary alicyclic amines) is 1. The average Bonchev–Trinajstić information content (AvgIpc) is 3.19. The van der Waals surface area contributed by atoms with Crippen molar-refractivity contribution in [2.24, 2.45) is 45.8 Å². The van der Waals surface area contributed by atoms with Crippen LogP contribution in [0.3, 0.4) is 0 Å². The summed E-state index contributed by atoms with van der Waals surface area (Å²) >= 11 is 0. The number of hydrogen-bond acceptors (Lipinski definition) is 3. The second-order valence-electron chi connectivity index (χ2n) is 13.9. The van der Waals surface area contributed by atoms with E-state index in [9.17, 15) is 5.11 Å². The van der Waals surface area contributed by atoms with Gasteiger partial charge in [-0.2, -0.15) is 0 Å². The number of nitrogens with zero attached hydrogens (tertiary/aromatic N) is 1. The van der Waals surface area contributed by atoms with Crippen molar-refractivity contribution < 1.29 is 9.84 Å². The van der Waals surface area contributed by atoms with Crippen molar-refractivity contribution in [2.45, 2.75) is 102 Å². The highest BCUT2D eigenvalue weighted by atomic mass is 16.5. The summed E-state index contributed by atoms with van der Waals surface area (Å²) < 4.78 is 7.26. The van der Waals surface area contributed by atoms with Crippen LogP contribution in [0.15, 0.2) is 11.6 Å². The van der Waals surface area contributed by atoms with Crippen LogP contribution in [0.1, 0.15) is 78.1 Å². The molecule has 8 aliphatic rings. The van der Waals surface area contributed by atoms with Gasteiger partial charge in [0.25, 0.3) is 0 Å². The van der Waals surface area contributed by atoms with Crippen molar-refractivity contribution in [3.05, 3.63) is 11.6 Å². The highest BCUT2D eigenvalue weighted by Crippen LogP contribution is 2.93. The topological polar surface area (TPSA) is 32.7 Å². The first-order valence-electron chi connectivity index (χ1n) is 13.6. The molecule has 170 valence electrons. The minimum Gasteiger partial charge on any atom is -0.389 e. The van der Waals surface area contributed by atoms with Gasteiger partial charge in [0, 0.05) is 23.9 Å². The van der Waals surface area contributed by atoms with Gasteiger partial charge in [-0.25, -0.2) is 0 Å². The first-order valence-corrected chi connectivity index (χ1v) is 13.6. The molecule has 2 heterocycles. The molecule has 0 aromatic rings. The Morgan fingerprint density at radius 3 is 2.84 bits per heavy atom. The lowest BCUT2D eigenvalue weighted by Gasteiger charge is -2.60. The van der Waals surface area contributed by atoms with E-state index in [1.807, 2.05) is 0 Å². The lowest BCUT2D eigenvalue weighted by molar-refractivity contribution is -0.211. The third-order valence-electron chi connectivity index (χ3n) is 13.1. The van der Waals surface area contributed by atoms with Gasteiger partial charge in [0.05, 0.1) is 17.8 Å². The summed E-state index contributed by atoms with van der Waals surface area (Å²) in [6.45, 7) is 6.27. The van der Waals surface area contributed by atoms with E-state index in [1.165, 1.54) is 64.3 Å². The Morgan fingerprint density at radius 2 is 1.97 bits per heavy atom. The molecule has 12 atom stereocenters. The van der Waals surface area contributed by atoms with E-state index in [4.69, 9.17) is 4.74 Å². The summed E-state index contributed by atoms with van der Waals surface area (Å²) in [5.74, 6) is 4.37. The van der Waals surface area contributed by atoms with Crippen LogP contribution in [-0.4, -0.2) is 47.4 Å². The lowest BCUT2D eigenvalue weighted by atomic mass is 9.47. The lowest BCUT2D eigenvalue weighted by Crippen LogP contribution is -2.64. The first-order chi connectivity index (χ1) is 14.8. The first kappa shape index (κ1) is 19.0. The van der Waals surface area contributed by atoms with Crippen LogP contribution in [0, 0.1) is 45.8 Å². The molecule has 0 aromatic carbocycles. The Hall–Kier alpha value is -0.380. The standard InChI is InChI=1S/C28H41NO2/c1-16-10-23-24(29(3)14-16)22-13-27-15-26(27)12-21-19(20(26)7-9-28(22,27)31-23)5-4-17-11-18(30)6-8-25(17,21)2/h11,16,18-24,30H,4-10,12-15H2,1-3H3/t16-,18-,19?,20-,21-,22+,23+,24-,25-,26?,27?,28+/m0/s1. The van der Waals surface area contributed by atoms with Gasteiger partial charge in [-0.1, -0.05) is 25.5 Å². The zero-order valence-corrected chi connectivity index (χ0v) is 19.8. The molecule has 5 saturated carbocycles. The highest BCUT2D eigenvalue weighted by Gasteiger charge is 2.91. The number of ether oxygens (including phenoxy) is 1. The predicted molar refractivity (Wildman–Crippen MR) is 120 cm³/mol. The molecule has 3 heteroatoms. The molecule has 2 saturated heterocycles. The summed E-state index contributed by atoms with van der Waals surface area (Å²) in [7, 11) is 2.38. The van der Waals surface area contributed by atoms with Gasteiger partial charge in [0.2, 0.25) is 0 Å². The molecule has 3 nitrogen and oxygen atoms in total. The SMILES string of the molecule is C[C@H]1C[C@H]2O[C@@]34CC[C@H]5C6CCC7=C[C@@H](O)CC[C@]7(C)[C@H]6CC56CC63C[C@@H]4[C@@H]2N(C)C1. The summed E-state index contributed by atoms with van der Waals surface area (Å²) in [6, 6.07) is 0.701. The maximum absolute atomic E-state index is 10.3. The van der Waals surface area contributed by atoms with E-state index in [0.717, 1.165) is 36.0 Å². The van der Waals surface area contributed by atoms with Crippen molar-refractivity contribution >= 4 is 0 Å². The van der Waals surface area contributed by atoms with Gasteiger partial charge in [0.15, 0.2) is 0 Å². The Kier molecular flexibility index (Phi) is 3.35. The minimum absolute atomic E-state index is 0.181. The van der Waals surface area contributed by atoms with E-state index >= 15 is 0 Å². The van der Waals surface area contributed by atoms with Crippen LogP contribution in [0.25, 0.3) is 0 Å². The van der Waals surface area contributed by atoms with Crippen molar-refractivity contribution in [1.29, 1.82) is 0 Å². The van der Waals surface area contributed by atoms with E-state index in [2.05, 4.69) is 31.9 Å². The number of aliphatic hydroxyl groups is 1. The number of rotatable bonds is 0. The molecule has 31 heavy (non-hydrogen) atoms. The summed E-state index contributed by atoms with van der Waals surface area (Å²) in [5, 5.41) is 10.3. The molecule has 0 amide bonds. The zero-order chi connectivity index (χ0) is 21.0. The number of likely N-dealkylation sites (N-methyl/N-ethyl adjacent to an activating group) is 1. The fourth-order valence-electron chi connectivity index (χ4n) is 12.1. The minimum atomic E-state index is -0.181. The van der Waals surface area contributed by atoms with Gasteiger partial charge < -0.3 is 14.7 Å². The normalized spacial score (nSPS) is 65.7. The molecule has 3 unspecified atom stereocenters. The smallest absolute Gasteiger partial charge is 0.0793 e. The number of allylic oxidation sites excluding steroid dienone is 1. The predicted octanol–water partition coefficient (Wildman–Crippen LogP) is 4.79. The Balaban J connectivity index is 1.15. The van der Waals surface area contributed by atoms with Gasteiger partial charge in [-0.3, -0.25) is 0 Å². The molecule has 0 aromatic heterocycles. The fraction of sp³-hybridized carbons (Fsp3) is 0.929. The summed E-state index contributed by atoms with van der Waals surface area (Å²) in [4.78, 5) is 2.69. The molecule has 2 aliphatic heterocycles. The molecular weight excluding hydrogens is 382 g/mol. The van der Waals surface area contributed by atoms with E-state index in [0.29, 0.717) is 28.4 Å². The van der Waals surface area contributed by atoms with Crippen LogP contribution in [0.4, 0.5) is 0 Å². The van der Waals surface area contributed by atoms with E-state index in [-0.39, 0.29) is 11.7 Å². The van der Waals surface area contributed by atoms with Crippen molar-refractivity contribution in [1.82, 2.24) is 4.90 Å². The van der Waals surface area contributed by atoms with Gasteiger partial charge in [-0.15, -0.1) is 0 Å². The second kappa shape index (κ2) is 5.47. The molecule has 0 radical (unpaired) electrons. The molecule has 8 rings (SSSR count). The van der Waals surface area contributed by atoms with Gasteiger partial charge in [-0.05, 0) is 106 Å². The fourth-order valence-corrected chi connectivity index (χ4v) is 12.1. The number of piperidine rings is 1. The molecule has 1 N–H and O–H groups in total. The Labute approximate surface area is 188 Å². The molecule has 0 bridgehead atoms. The molecule has 7 fully saturated rings. The largest absolute Gasteiger partial charge is 0.389 e. The monoisotopic (exact) mass is 423 g/mol. The average molecular weight is 424 g/mol. The van der Waals surface area contributed by atoms with E-state index < -0.39 is 0 Å². The van der Waals surface area contributed by atoms with Crippen molar-refractivity contribution in [2.75, 3.05) is 13.6 Å². The summed E-state index contributed by atoms with van der Waals surface area (Å²) in [5.41, 5.74) is 3.39. The number of hydrogen-bond donors (Lipinski definition) is 1. The van der Waals surface area contributed by atoms with Crippen molar-refractivity contribution in [3.8, 4) is 0 Å². The third kappa shape index (κ3) is 1.88. The molecule has 6 aliphatic carbocycles. The maximum Gasteiger partial charge on any atom is 0.0793 e. The van der Waals surface area contributed by atoms with E-state index in [1.54, 1.807) is 5.57 Å². The number of fused-ring (bicyclic) bond motifs is 6.